The van der Waals surface area contributed by atoms with Crippen molar-refractivity contribution in [3.63, 3.8) is 0 Å². The summed E-state index contributed by atoms with van der Waals surface area (Å²) in [6, 6.07) is 83.4. The zero-order valence-electron chi connectivity index (χ0n) is 39.6. The lowest BCUT2D eigenvalue weighted by molar-refractivity contribution is 1.06. The quantitative estimate of drug-likeness (QED) is 0.152. The van der Waals surface area contributed by atoms with Crippen LogP contribution in [-0.4, -0.2) is 24.1 Å². The van der Waals surface area contributed by atoms with Crippen molar-refractivity contribution in [2.45, 2.75) is 13.8 Å². The molecule has 0 radical (unpaired) electrons. The van der Waals surface area contributed by atoms with Crippen molar-refractivity contribution in [1.29, 1.82) is 5.26 Å². The lowest BCUT2D eigenvalue weighted by Crippen LogP contribution is -2.06. The molecule has 338 valence electrons. The maximum absolute atomic E-state index is 10.6. The number of para-hydroxylation sites is 3. The van der Waals surface area contributed by atoms with E-state index < -0.39 is 0 Å². The molecule has 0 saturated carbocycles. The Morgan fingerprint density at radius 2 is 0.792 bits per heavy atom. The standard InChI is InChI=1S/C66H44N6/c1-42-16-13-22-47(36-42)49-31-34-60-56(39-49)51-24-9-11-28-58(51)71(60)62-38-44(41-67)30-33-53(62)54-26-15-27-55(66-69-64(45-18-5-3-6-19-45)68-65(70-66)46-20-7-4-8-21-46)63(54)72-59-29-12-10-25-52(59)57-40-50(32-35-61(57)72)48-23-14-17-43(2)37-48/h3-40H,1-2H3. The van der Waals surface area contributed by atoms with Gasteiger partial charge in [0.25, 0.3) is 0 Å². The molecule has 10 aromatic carbocycles. The summed E-state index contributed by atoms with van der Waals surface area (Å²) in [7, 11) is 0. The van der Waals surface area contributed by atoms with Crippen LogP contribution in [0, 0.1) is 25.2 Å². The zero-order chi connectivity index (χ0) is 48.3. The third-order valence-corrected chi connectivity index (χ3v) is 13.9. The second-order valence-corrected chi connectivity index (χ2v) is 18.5. The number of hydrogen-bond donors (Lipinski definition) is 0. The molecule has 0 spiro atoms. The van der Waals surface area contributed by atoms with Crippen molar-refractivity contribution in [3.8, 4) is 85.0 Å². The topological polar surface area (TPSA) is 72.3 Å². The maximum Gasteiger partial charge on any atom is 0.166 e. The molecule has 0 saturated heterocycles. The van der Waals surface area contributed by atoms with Crippen LogP contribution < -0.4 is 0 Å². The largest absolute Gasteiger partial charge is 0.309 e. The van der Waals surface area contributed by atoms with Gasteiger partial charge in [-0.2, -0.15) is 5.26 Å². The van der Waals surface area contributed by atoms with Crippen molar-refractivity contribution in [1.82, 2.24) is 24.1 Å². The SMILES string of the molecule is Cc1cccc(-c2ccc3c(c2)c2ccccc2n3-c2cc(C#N)ccc2-c2cccc(-c3nc(-c4ccccc4)nc(-c4ccccc4)n3)c2-n2c3ccccc3c3cc(-c4cccc(C)c4)ccc32)c1. The van der Waals surface area contributed by atoms with Crippen LogP contribution in [0.3, 0.4) is 0 Å². The van der Waals surface area contributed by atoms with E-state index in [1.54, 1.807) is 0 Å². The van der Waals surface area contributed by atoms with Gasteiger partial charge in [0.05, 0.1) is 45.1 Å². The van der Waals surface area contributed by atoms with Gasteiger partial charge < -0.3 is 9.13 Å². The van der Waals surface area contributed by atoms with Gasteiger partial charge in [-0.25, -0.2) is 15.0 Å². The predicted molar refractivity (Wildman–Crippen MR) is 295 cm³/mol. The Labute approximate surface area is 417 Å². The van der Waals surface area contributed by atoms with Gasteiger partial charge in [0.1, 0.15) is 0 Å². The van der Waals surface area contributed by atoms with E-state index in [1.807, 2.05) is 72.8 Å². The second-order valence-electron chi connectivity index (χ2n) is 18.5. The third kappa shape index (κ3) is 7.23. The Bertz CT molecular complexity index is 4250. The van der Waals surface area contributed by atoms with Crippen molar-refractivity contribution >= 4 is 43.6 Å². The van der Waals surface area contributed by atoms with E-state index >= 15 is 0 Å². The van der Waals surface area contributed by atoms with Crippen molar-refractivity contribution in [2.24, 2.45) is 0 Å². The molecule has 0 aliphatic carbocycles. The van der Waals surface area contributed by atoms with Crippen LogP contribution in [-0.2, 0) is 0 Å². The maximum atomic E-state index is 10.6. The first-order valence-electron chi connectivity index (χ1n) is 24.2. The molecule has 3 heterocycles. The molecule has 13 rings (SSSR count). The fraction of sp³-hybridized carbons (Fsp3) is 0.0303. The third-order valence-electron chi connectivity index (χ3n) is 13.9. The highest BCUT2D eigenvalue weighted by Gasteiger charge is 2.26. The molecule has 13 aromatic rings. The van der Waals surface area contributed by atoms with E-state index in [9.17, 15) is 5.26 Å². The molecular weight excluding hydrogens is 877 g/mol. The number of aromatic nitrogens is 5. The second kappa shape index (κ2) is 17.4. The lowest BCUT2D eigenvalue weighted by atomic mass is 9.95. The molecular formula is C66H44N6. The number of rotatable bonds is 8. The number of aryl methyl sites for hydroxylation is 2. The minimum absolute atomic E-state index is 0.539. The van der Waals surface area contributed by atoms with Gasteiger partial charge >= 0.3 is 0 Å². The molecule has 6 nitrogen and oxygen atoms in total. The summed E-state index contributed by atoms with van der Waals surface area (Å²) in [6.45, 7) is 4.27. The fourth-order valence-corrected chi connectivity index (χ4v) is 10.6. The molecule has 0 atom stereocenters. The van der Waals surface area contributed by atoms with Gasteiger partial charge in [0, 0.05) is 49.4 Å². The molecule has 0 fully saturated rings. The van der Waals surface area contributed by atoms with Gasteiger partial charge in [0.2, 0.25) is 0 Å². The zero-order valence-corrected chi connectivity index (χ0v) is 39.6. The number of hydrogen-bond acceptors (Lipinski definition) is 4. The van der Waals surface area contributed by atoms with Gasteiger partial charge in [0.15, 0.2) is 17.5 Å². The predicted octanol–water partition coefficient (Wildman–Crippen LogP) is 16.6. The Morgan fingerprint density at radius 3 is 1.36 bits per heavy atom. The molecule has 0 aliphatic heterocycles. The van der Waals surface area contributed by atoms with Crippen LogP contribution in [0.4, 0.5) is 0 Å². The Balaban J connectivity index is 1.14. The van der Waals surface area contributed by atoms with Crippen molar-refractivity contribution < 1.29 is 0 Å². The van der Waals surface area contributed by atoms with Crippen LogP contribution in [0.25, 0.3) is 123 Å². The summed E-state index contributed by atoms with van der Waals surface area (Å²) in [5.74, 6) is 1.70. The number of benzene rings is 10. The van der Waals surface area contributed by atoms with E-state index in [4.69, 9.17) is 15.0 Å². The highest BCUT2D eigenvalue weighted by Crippen LogP contribution is 2.45. The van der Waals surface area contributed by atoms with Crippen LogP contribution in [0.2, 0.25) is 0 Å². The molecule has 72 heavy (non-hydrogen) atoms. The number of nitrogens with zero attached hydrogens (tertiary/aromatic N) is 6. The molecule has 0 aliphatic rings. The van der Waals surface area contributed by atoms with Gasteiger partial charge in [-0.05, 0) is 90.7 Å². The first kappa shape index (κ1) is 42.4. The molecule has 0 amide bonds. The van der Waals surface area contributed by atoms with E-state index in [0.29, 0.717) is 23.0 Å². The van der Waals surface area contributed by atoms with Crippen LogP contribution in [0.15, 0.2) is 231 Å². The summed E-state index contributed by atoms with van der Waals surface area (Å²) in [5.41, 5.74) is 18.1. The van der Waals surface area contributed by atoms with Crippen LogP contribution in [0.1, 0.15) is 16.7 Å². The Kier molecular flexibility index (Phi) is 10.2. The monoisotopic (exact) mass is 920 g/mol. The molecule has 0 unspecified atom stereocenters. The summed E-state index contributed by atoms with van der Waals surface area (Å²) in [4.78, 5) is 15.8. The van der Waals surface area contributed by atoms with Crippen LogP contribution >= 0.6 is 0 Å². The first-order valence-corrected chi connectivity index (χ1v) is 24.2. The smallest absolute Gasteiger partial charge is 0.166 e. The van der Waals surface area contributed by atoms with Crippen molar-refractivity contribution in [2.75, 3.05) is 0 Å². The summed E-state index contributed by atoms with van der Waals surface area (Å²) in [5, 5.41) is 15.2. The number of nitriles is 1. The highest BCUT2D eigenvalue weighted by molar-refractivity contribution is 6.13. The van der Waals surface area contributed by atoms with Crippen molar-refractivity contribution in [3.05, 3.63) is 247 Å². The number of fused-ring (bicyclic) bond motifs is 6. The van der Waals surface area contributed by atoms with Gasteiger partial charge in [-0.3, -0.25) is 0 Å². The van der Waals surface area contributed by atoms with Gasteiger partial charge in [-0.15, -0.1) is 0 Å². The Hall–Kier alpha value is -9.70. The minimum atomic E-state index is 0.539. The van der Waals surface area contributed by atoms with Crippen LogP contribution in [0.5, 0.6) is 0 Å². The molecule has 6 heteroatoms. The Morgan fingerprint density at radius 1 is 0.333 bits per heavy atom. The molecule has 3 aromatic heterocycles. The average molecular weight is 921 g/mol. The molecule has 0 bridgehead atoms. The van der Waals surface area contributed by atoms with E-state index in [2.05, 4.69) is 187 Å². The lowest BCUT2D eigenvalue weighted by Gasteiger charge is -2.21. The highest BCUT2D eigenvalue weighted by atomic mass is 15.1. The minimum Gasteiger partial charge on any atom is -0.309 e. The molecule has 0 N–H and O–H groups in total. The van der Waals surface area contributed by atoms with E-state index in [0.717, 1.165) is 93.9 Å². The first-order chi connectivity index (χ1) is 35.5. The van der Waals surface area contributed by atoms with Gasteiger partial charge in [-0.1, -0.05) is 187 Å². The average Bonchev–Trinajstić information content (AvgIpc) is 3.95. The van der Waals surface area contributed by atoms with E-state index in [-0.39, 0.29) is 0 Å². The summed E-state index contributed by atoms with van der Waals surface area (Å²) >= 11 is 0. The van der Waals surface area contributed by atoms with E-state index in [1.165, 1.54) is 22.3 Å². The fourth-order valence-electron chi connectivity index (χ4n) is 10.6. The summed E-state index contributed by atoms with van der Waals surface area (Å²) < 4.78 is 4.73. The summed E-state index contributed by atoms with van der Waals surface area (Å²) in [6.07, 6.45) is 0. The normalized spacial score (nSPS) is 11.5.